The third-order valence-electron chi connectivity index (χ3n) is 2.70. The first-order valence-electron chi connectivity index (χ1n) is 5.94. The fraction of sp³-hybridized carbons (Fsp3) is 0.200. The Labute approximate surface area is 112 Å². The normalized spacial score (nSPS) is 10.7. The van der Waals surface area contributed by atoms with Crippen molar-refractivity contribution in [3.63, 3.8) is 0 Å². The topological polar surface area (TPSA) is 43.2 Å². The second-order valence-corrected chi connectivity index (χ2v) is 4.03. The quantitative estimate of drug-likeness (QED) is 0.759. The fourth-order valence-corrected chi connectivity index (χ4v) is 1.79. The van der Waals surface area contributed by atoms with E-state index in [1.165, 1.54) is 0 Å². The Morgan fingerprint density at radius 2 is 1.63 bits per heavy atom. The lowest BCUT2D eigenvalue weighted by Gasteiger charge is -2.09. The number of rotatable bonds is 4. The lowest BCUT2D eigenvalue weighted by molar-refractivity contribution is 0.401. The van der Waals surface area contributed by atoms with Gasteiger partial charge in [-0.3, -0.25) is 0 Å². The minimum absolute atomic E-state index is 0.656. The molecule has 2 aromatic rings. The Kier molecular flexibility index (Phi) is 4.13. The van der Waals surface area contributed by atoms with E-state index in [0.717, 1.165) is 17.0 Å². The van der Waals surface area contributed by atoms with Crippen LogP contribution in [0.25, 0.3) is 0 Å². The van der Waals surface area contributed by atoms with E-state index in [1.807, 2.05) is 43.3 Å². The molecule has 0 saturated carbocycles. The van der Waals surface area contributed by atoms with Crippen LogP contribution in [0.1, 0.15) is 5.56 Å². The number of nitrogens with zero attached hydrogens (tertiary/aromatic N) is 2. The van der Waals surface area contributed by atoms with E-state index in [9.17, 15) is 0 Å². The average molecular weight is 256 g/mol. The van der Waals surface area contributed by atoms with Crippen LogP contribution in [-0.4, -0.2) is 14.2 Å². The van der Waals surface area contributed by atoms with E-state index < -0.39 is 0 Å². The molecule has 2 rings (SSSR count). The van der Waals surface area contributed by atoms with Gasteiger partial charge in [0.15, 0.2) is 0 Å². The lowest BCUT2D eigenvalue weighted by atomic mass is 10.2. The van der Waals surface area contributed by atoms with Crippen LogP contribution in [-0.2, 0) is 0 Å². The largest absolute Gasteiger partial charge is 0.497 e. The first-order valence-corrected chi connectivity index (χ1v) is 5.94. The summed E-state index contributed by atoms with van der Waals surface area (Å²) < 4.78 is 10.6. The lowest BCUT2D eigenvalue weighted by Crippen LogP contribution is -1.90. The summed E-state index contributed by atoms with van der Waals surface area (Å²) in [6, 6.07) is 13.3. The summed E-state index contributed by atoms with van der Waals surface area (Å²) in [5, 5.41) is 8.43. The van der Waals surface area contributed by atoms with Gasteiger partial charge in [0.1, 0.15) is 17.2 Å². The molecular formula is C15H16N2O2. The van der Waals surface area contributed by atoms with Crippen LogP contribution in [0.2, 0.25) is 0 Å². The van der Waals surface area contributed by atoms with Gasteiger partial charge in [0, 0.05) is 6.07 Å². The number of hydrogen-bond acceptors (Lipinski definition) is 4. The minimum Gasteiger partial charge on any atom is -0.497 e. The molecule has 19 heavy (non-hydrogen) atoms. The molecule has 0 aliphatic rings. The highest BCUT2D eigenvalue weighted by atomic mass is 16.5. The molecule has 0 unspecified atom stereocenters. The highest BCUT2D eigenvalue weighted by molar-refractivity contribution is 5.59. The van der Waals surface area contributed by atoms with Gasteiger partial charge in [0.25, 0.3) is 0 Å². The van der Waals surface area contributed by atoms with Crippen LogP contribution in [0.4, 0.5) is 11.4 Å². The number of aryl methyl sites for hydroxylation is 1. The zero-order chi connectivity index (χ0) is 13.7. The van der Waals surface area contributed by atoms with Gasteiger partial charge in [-0.15, -0.1) is 5.11 Å². The molecule has 0 heterocycles. The van der Waals surface area contributed by atoms with Gasteiger partial charge >= 0.3 is 0 Å². The summed E-state index contributed by atoms with van der Waals surface area (Å²) in [5.74, 6) is 1.45. The summed E-state index contributed by atoms with van der Waals surface area (Å²) in [6.07, 6.45) is 0. The van der Waals surface area contributed by atoms with Gasteiger partial charge in [-0.2, -0.15) is 5.11 Å². The maximum Gasteiger partial charge on any atom is 0.149 e. The van der Waals surface area contributed by atoms with E-state index in [1.54, 1.807) is 20.3 Å². The van der Waals surface area contributed by atoms with Gasteiger partial charge in [-0.1, -0.05) is 18.2 Å². The van der Waals surface area contributed by atoms with Crippen LogP contribution >= 0.6 is 0 Å². The van der Waals surface area contributed by atoms with Gasteiger partial charge < -0.3 is 9.47 Å². The molecule has 0 N–H and O–H groups in total. The molecule has 0 spiro atoms. The van der Waals surface area contributed by atoms with Gasteiger partial charge in [-0.25, -0.2) is 0 Å². The van der Waals surface area contributed by atoms with E-state index in [2.05, 4.69) is 10.2 Å². The van der Waals surface area contributed by atoms with Crippen molar-refractivity contribution in [2.24, 2.45) is 10.2 Å². The Morgan fingerprint density at radius 3 is 2.26 bits per heavy atom. The molecule has 0 saturated heterocycles. The molecule has 0 aromatic heterocycles. The molecule has 0 aliphatic heterocycles. The van der Waals surface area contributed by atoms with Gasteiger partial charge in [0.2, 0.25) is 0 Å². The molecule has 0 bridgehead atoms. The van der Waals surface area contributed by atoms with E-state index in [0.29, 0.717) is 11.4 Å². The van der Waals surface area contributed by atoms with Crippen LogP contribution < -0.4 is 9.47 Å². The standard InChI is InChI=1S/C15H16N2O2/c1-11-9-13(18-2)10-14(15(11)19-3)17-16-12-7-5-4-6-8-12/h4-10H,1-3H3. The zero-order valence-corrected chi connectivity index (χ0v) is 11.3. The van der Waals surface area contributed by atoms with E-state index >= 15 is 0 Å². The first-order chi connectivity index (χ1) is 9.24. The summed E-state index contributed by atoms with van der Waals surface area (Å²) in [4.78, 5) is 0. The maximum atomic E-state index is 5.35. The molecule has 0 fully saturated rings. The number of ether oxygens (including phenoxy) is 2. The number of azo groups is 1. The van der Waals surface area contributed by atoms with Gasteiger partial charge in [0.05, 0.1) is 19.9 Å². The fourth-order valence-electron chi connectivity index (χ4n) is 1.79. The van der Waals surface area contributed by atoms with Crippen molar-refractivity contribution in [3.8, 4) is 11.5 Å². The molecular weight excluding hydrogens is 240 g/mol. The Hall–Kier alpha value is -2.36. The molecule has 0 amide bonds. The number of methoxy groups -OCH3 is 2. The van der Waals surface area contributed by atoms with Crippen molar-refractivity contribution in [2.75, 3.05) is 14.2 Å². The van der Waals surface area contributed by atoms with Gasteiger partial charge in [-0.05, 0) is 30.7 Å². The number of benzene rings is 2. The average Bonchev–Trinajstić information content (AvgIpc) is 2.45. The molecule has 98 valence electrons. The van der Waals surface area contributed by atoms with E-state index in [-0.39, 0.29) is 0 Å². The number of hydrogen-bond donors (Lipinski definition) is 0. The summed E-state index contributed by atoms with van der Waals surface area (Å²) in [7, 11) is 3.25. The van der Waals surface area contributed by atoms with Crippen molar-refractivity contribution in [3.05, 3.63) is 48.0 Å². The molecule has 0 radical (unpaired) electrons. The molecule has 0 aliphatic carbocycles. The predicted molar refractivity (Wildman–Crippen MR) is 74.9 cm³/mol. The molecule has 4 heteroatoms. The smallest absolute Gasteiger partial charge is 0.149 e. The Morgan fingerprint density at radius 1 is 0.895 bits per heavy atom. The summed E-state index contributed by atoms with van der Waals surface area (Å²) in [6.45, 7) is 1.95. The SMILES string of the molecule is COc1cc(C)c(OC)c(N=Nc2ccccc2)c1. The minimum atomic E-state index is 0.656. The Balaban J connectivity index is 2.38. The molecule has 4 nitrogen and oxygen atoms in total. The maximum absolute atomic E-state index is 5.35. The van der Waals surface area contributed by atoms with Crippen molar-refractivity contribution in [2.45, 2.75) is 6.92 Å². The van der Waals surface area contributed by atoms with Crippen molar-refractivity contribution in [1.82, 2.24) is 0 Å². The van der Waals surface area contributed by atoms with Crippen LogP contribution in [0.15, 0.2) is 52.7 Å². The third-order valence-corrected chi connectivity index (χ3v) is 2.70. The van der Waals surface area contributed by atoms with Crippen molar-refractivity contribution >= 4 is 11.4 Å². The summed E-state index contributed by atoms with van der Waals surface area (Å²) in [5.41, 5.74) is 2.41. The zero-order valence-electron chi connectivity index (χ0n) is 11.3. The monoisotopic (exact) mass is 256 g/mol. The second kappa shape index (κ2) is 6.00. The van der Waals surface area contributed by atoms with Crippen LogP contribution in [0.5, 0.6) is 11.5 Å². The van der Waals surface area contributed by atoms with Crippen molar-refractivity contribution in [1.29, 1.82) is 0 Å². The first kappa shape index (κ1) is 13.1. The predicted octanol–water partition coefficient (Wildman–Crippen LogP) is 4.43. The second-order valence-electron chi connectivity index (χ2n) is 4.03. The highest BCUT2D eigenvalue weighted by Crippen LogP contribution is 2.36. The van der Waals surface area contributed by atoms with Crippen LogP contribution in [0.3, 0.4) is 0 Å². The van der Waals surface area contributed by atoms with E-state index in [4.69, 9.17) is 9.47 Å². The van der Waals surface area contributed by atoms with Crippen molar-refractivity contribution < 1.29 is 9.47 Å². The summed E-state index contributed by atoms with van der Waals surface area (Å²) >= 11 is 0. The third kappa shape index (κ3) is 3.10. The Bertz CT molecular complexity index is 580. The molecule has 0 atom stereocenters. The molecule has 2 aromatic carbocycles. The highest BCUT2D eigenvalue weighted by Gasteiger charge is 2.08. The van der Waals surface area contributed by atoms with Crippen LogP contribution in [0, 0.1) is 6.92 Å².